The zero-order valence-corrected chi connectivity index (χ0v) is 14.0. The third kappa shape index (κ3) is 4.76. The Hall–Kier alpha value is -1.98. The number of benzene rings is 1. The molecule has 0 aromatic heterocycles. The van der Waals surface area contributed by atoms with Crippen LogP contribution in [0.1, 0.15) is 10.4 Å². The van der Waals surface area contributed by atoms with Crippen molar-refractivity contribution < 1.29 is 28.0 Å². The lowest BCUT2D eigenvalue weighted by molar-refractivity contribution is -0.387. The zero-order chi connectivity index (χ0) is 17.9. The van der Waals surface area contributed by atoms with E-state index in [1.165, 1.54) is 12.1 Å². The Labute approximate surface area is 141 Å². The number of aromatic carboxylic acids is 1. The number of thioether (sulfide) groups is 1. The highest BCUT2D eigenvalue weighted by Crippen LogP contribution is 2.31. The summed E-state index contributed by atoms with van der Waals surface area (Å²) in [5, 5.41) is 19.5. The molecule has 1 aliphatic heterocycles. The molecule has 24 heavy (non-hydrogen) atoms. The average molecular weight is 374 g/mol. The number of nitrogens with zero attached hydrogens (tertiary/aromatic N) is 2. The van der Waals surface area contributed by atoms with Gasteiger partial charge < -0.3 is 5.11 Å². The van der Waals surface area contributed by atoms with Gasteiger partial charge in [-0.05, 0) is 23.9 Å². The maximum atomic E-state index is 12.1. The van der Waals surface area contributed by atoms with E-state index in [0.29, 0.717) is 11.8 Å². The van der Waals surface area contributed by atoms with E-state index >= 15 is 0 Å². The van der Waals surface area contributed by atoms with Crippen LogP contribution in [-0.2, 0) is 14.6 Å². The van der Waals surface area contributed by atoms with Crippen LogP contribution < -0.4 is 0 Å². The lowest BCUT2D eigenvalue weighted by Crippen LogP contribution is -2.42. The Morgan fingerprint density at radius 1 is 1.29 bits per heavy atom. The van der Waals surface area contributed by atoms with Gasteiger partial charge in [0.1, 0.15) is 0 Å². The Kier molecular flexibility index (Phi) is 5.57. The maximum Gasteiger partial charge on any atom is 0.335 e. The fourth-order valence-corrected chi connectivity index (χ4v) is 4.27. The number of carbonyl (C=O) groups excluding carboxylic acids is 1. The van der Waals surface area contributed by atoms with Gasteiger partial charge in [-0.3, -0.25) is 19.8 Å². The second-order valence-electron chi connectivity index (χ2n) is 5.15. The van der Waals surface area contributed by atoms with E-state index in [9.17, 15) is 28.1 Å². The van der Waals surface area contributed by atoms with Crippen molar-refractivity contribution in [1.29, 1.82) is 0 Å². The van der Waals surface area contributed by atoms with Crippen LogP contribution in [0.3, 0.4) is 0 Å². The van der Waals surface area contributed by atoms with Gasteiger partial charge in [0.25, 0.3) is 5.69 Å². The van der Waals surface area contributed by atoms with Crippen molar-refractivity contribution in [3.05, 3.63) is 33.9 Å². The van der Waals surface area contributed by atoms with Gasteiger partial charge in [0.2, 0.25) is 5.12 Å². The molecule has 0 saturated carbocycles. The van der Waals surface area contributed by atoms with Gasteiger partial charge >= 0.3 is 5.97 Å². The molecule has 0 spiro atoms. The largest absolute Gasteiger partial charge is 0.478 e. The van der Waals surface area contributed by atoms with E-state index in [-0.39, 0.29) is 46.7 Å². The summed E-state index contributed by atoms with van der Waals surface area (Å²) >= 11 is 0.648. The second-order valence-corrected chi connectivity index (χ2v) is 8.55. The number of sulfone groups is 1. The lowest BCUT2D eigenvalue weighted by atomic mass is 10.2. The van der Waals surface area contributed by atoms with Crippen molar-refractivity contribution in [3.8, 4) is 0 Å². The van der Waals surface area contributed by atoms with Crippen LogP contribution in [-0.4, -0.2) is 65.6 Å². The third-order valence-electron chi connectivity index (χ3n) is 3.42. The molecule has 0 bridgehead atoms. The molecule has 0 unspecified atom stereocenters. The minimum atomic E-state index is -3.05. The van der Waals surface area contributed by atoms with Gasteiger partial charge in [0.05, 0.1) is 33.4 Å². The van der Waals surface area contributed by atoms with Gasteiger partial charge in [-0.15, -0.1) is 0 Å². The number of hydrogen-bond acceptors (Lipinski definition) is 8. The van der Waals surface area contributed by atoms with Gasteiger partial charge in [-0.2, -0.15) is 0 Å². The number of nitro benzene ring substituents is 1. The topological polar surface area (TPSA) is 135 Å². The molecule has 0 atom stereocenters. The van der Waals surface area contributed by atoms with Gasteiger partial charge in [-0.25, -0.2) is 13.2 Å². The van der Waals surface area contributed by atoms with E-state index in [4.69, 9.17) is 5.11 Å². The van der Waals surface area contributed by atoms with Crippen molar-refractivity contribution in [1.82, 2.24) is 4.90 Å². The molecule has 1 aliphatic rings. The number of nitro groups is 1. The van der Waals surface area contributed by atoms with Crippen LogP contribution in [0.5, 0.6) is 0 Å². The highest BCUT2D eigenvalue weighted by Gasteiger charge is 2.25. The third-order valence-corrected chi connectivity index (χ3v) is 5.95. The molecule has 1 saturated heterocycles. The summed E-state index contributed by atoms with van der Waals surface area (Å²) in [5.41, 5.74) is -0.686. The van der Waals surface area contributed by atoms with Crippen LogP contribution in [0.25, 0.3) is 0 Å². The Balaban J connectivity index is 2.06. The average Bonchev–Trinajstić information content (AvgIpc) is 2.49. The van der Waals surface area contributed by atoms with E-state index in [0.717, 1.165) is 6.07 Å². The molecule has 1 N–H and O–H groups in total. The van der Waals surface area contributed by atoms with E-state index in [1.807, 2.05) is 0 Å². The minimum absolute atomic E-state index is 0.0155. The summed E-state index contributed by atoms with van der Waals surface area (Å²) in [5.74, 6) is -1.33. The molecule has 1 aromatic rings. The van der Waals surface area contributed by atoms with E-state index in [2.05, 4.69) is 0 Å². The Morgan fingerprint density at radius 3 is 2.46 bits per heavy atom. The van der Waals surface area contributed by atoms with Crippen LogP contribution in [0.15, 0.2) is 23.1 Å². The molecule has 1 heterocycles. The molecule has 1 aromatic carbocycles. The van der Waals surface area contributed by atoms with Gasteiger partial charge in [0, 0.05) is 19.2 Å². The summed E-state index contributed by atoms with van der Waals surface area (Å²) in [6, 6.07) is 3.33. The van der Waals surface area contributed by atoms with Crippen molar-refractivity contribution in [2.75, 3.05) is 31.1 Å². The lowest BCUT2D eigenvalue weighted by Gasteiger charge is -2.25. The first-order valence-electron chi connectivity index (χ1n) is 6.83. The van der Waals surface area contributed by atoms with E-state index < -0.39 is 26.4 Å². The summed E-state index contributed by atoms with van der Waals surface area (Å²) in [7, 11) is -3.05. The monoisotopic (exact) mass is 374 g/mol. The first-order chi connectivity index (χ1) is 11.2. The zero-order valence-electron chi connectivity index (χ0n) is 12.4. The molecular formula is C13H14N2O7S2. The first-order valence-corrected chi connectivity index (χ1v) is 9.47. The quantitative estimate of drug-likeness (QED) is 0.447. The molecule has 0 aliphatic carbocycles. The van der Waals surface area contributed by atoms with Crippen molar-refractivity contribution >= 4 is 38.4 Å². The maximum absolute atomic E-state index is 12.1. The first kappa shape index (κ1) is 18.4. The highest BCUT2D eigenvalue weighted by atomic mass is 32.2. The molecular weight excluding hydrogens is 360 g/mol. The summed E-state index contributed by atoms with van der Waals surface area (Å²) in [6.07, 6.45) is 0. The fraction of sp³-hybridized carbons (Fsp3) is 0.385. The van der Waals surface area contributed by atoms with Crippen LogP contribution in [0.4, 0.5) is 5.69 Å². The molecule has 0 radical (unpaired) electrons. The second kappa shape index (κ2) is 7.28. The predicted octanol–water partition coefficient (Wildman–Crippen LogP) is 0.642. The number of rotatable bonds is 5. The van der Waals surface area contributed by atoms with Crippen molar-refractivity contribution in [3.63, 3.8) is 0 Å². The molecule has 11 heteroatoms. The minimum Gasteiger partial charge on any atom is -0.478 e. The smallest absolute Gasteiger partial charge is 0.335 e. The van der Waals surface area contributed by atoms with Crippen LogP contribution in [0, 0.1) is 10.1 Å². The summed E-state index contributed by atoms with van der Waals surface area (Å²) in [4.78, 5) is 35.0. The van der Waals surface area contributed by atoms with Crippen molar-refractivity contribution in [2.24, 2.45) is 0 Å². The van der Waals surface area contributed by atoms with Crippen molar-refractivity contribution in [2.45, 2.75) is 4.90 Å². The standard InChI is InChI=1S/C13H14N2O7S2/c16-12(8-14-3-5-24(21,22)6-4-14)23-11-2-1-9(13(17)18)7-10(11)15(19)20/h1-2,7H,3-6,8H2,(H,17,18). The molecule has 130 valence electrons. The van der Waals surface area contributed by atoms with Gasteiger partial charge in [0.15, 0.2) is 9.84 Å². The summed E-state index contributed by atoms with van der Waals surface area (Å²) in [6.45, 7) is 0.460. The van der Waals surface area contributed by atoms with Gasteiger partial charge in [-0.1, -0.05) is 0 Å². The number of carbonyl (C=O) groups is 2. The molecule has 2 rings (SSSR count). The SMILES string of the molecule is O=C(CN1CCS(=O)(=O)CC1)Sc1ccc(C(=O)O)cc1[N+](=O)[O-]. The van der Waals surface area contributed by atoms with Crippen LogP contribution in [0.2, 0.25) is 0 Å². The number of carboxylic acids is 1. The Morgan fingerprint density at radius 2 is 1.92 bits per heavy atom. The Bertz CT molecular complexity index is 778. The number of hydrogen-bond donors (Lipinski definition) is 1. The molecule has 0 amide bonds. The molecule has 9 nitrogen and oxygen atoms in total. The predicted molar refractivity (Wildman–Crippen MR) is 86.0 cm³/mol. The normalized spacial score (nSPS) is 17.3. The van der Waals surface area contributed by atoms with E-state index in [1.54, 1.807) is 4.90 Å². The molecule has 1 fully saturated rings. The fourth-order valence-electron chi connectivity index (χ4n) is 2.13. The summed E-state index contributed by atoms with van der Waals surface area (Å²) < 4.78 is 22.7. The highest BCUT2D eigenvalue weighted by molar-refractivity contribution is 8.13. The number of carboxylic acid groups (broad SMARTS) is 1. The van der Waals surface area contributed by atoms with Crippen LogP contribution >= 0.6 is 11.8 Å².